The number of hydrogen-bond donors (Lipinski definition) is 1. The van der Waals surface area contributed by atoms with Crippen molar-refractivity contribution in [1.82, 2.24) is 4.90 Å². The fourth-order valence-electron chi connectivity index (χ4n) is 3.68. The minimum absolute atomic E-state index is 0.0340. The highest BCUT2D eigenvalue weighted by atomic mass is 35.5. The molecule has 0 spiro atoms. The molecule has 1 heterocycles. The molecule has 1 aliphatic rings. The van der Waals surface area contributed by atoms with Gasteiger partial charge >= 0.3 is 0 Å². The largest absolute Gasteiger partial charge is 0.368 e. The minimum Gasteiger partial charge on any atom is -0.368 e. The van der Waals surface area contributed by atoms with Gasteiger partial charge in [-0.3, -0.25) is 9.59 Å². The number of carbonyl (C=O) groups excluding carboxylic acids is 2. The maximum absolute atomic E-state index is 12.7. The molecule has 3 aromatic rings. The lowest BCUT2D eigenvalue weighted by Crippen LogP contribution is -2.48. The Kier molecular flexibility index (Phi) is 6.53. The van der Waals surface area contributed by atoms with Gasteiger partial charge in [-0.25, -0.2) is 0 Å². The molecule has 3 aromatic carbocycles. The fourth-order valence-corrected chi connectivity index (χ4v) is 3.81. The zero-order chi connectivity index (χ0) is 21.6. The number of halogens is 1. The third-order valence-corrected chi connectivity index (χ3v) is 5.63. The molecule has 6 heteroatoms. The molecule has 1 N–H and O–H groups in total. The number of amides is 2. The van der Waals surface area contributed by atoms with E-state index in [1.165, 1.54) is 0 Å². The molecule has 5 nitrogen and oxygen atoms in total. The average molecular weight is 434 g/mol. The number of piperazine rings is 1. The molecule has 0 aliphatic carbocycles. The van der Waals surface area contributed by atoms with E-state index in [-0.39, 0.29) is 11.8 Å². The predicted molar refractivity (Wildman–Crippen MR) is 125 cm³/mol. The highest BCUT2D eigenvalue weighted by Crippen LogP contribution is 2.21. The third-order valence-electron chi connectivity index (χ3n) is 5.38. The number of hydrogen-bond acceptors (Lipinski definition) is 3. The van der Waals surface area contributed by atoms with Gasteiger partial charge in [-0.1, -0.05) is 41.9 Å². The van der Waals surface area contributed by atoms with Crippen LogP contribution in [0.25, 0.3) is 0 Å². The van der Waals surface area contributed by atoms with Gasteiger partial charge < -0.3 is 15.1 Å². The maximum Gasteiger partial charge on any atom is 0.253 e. The maximum atomic E-state index is 12.7. The van der Waals surface area contributed by atoms with Crippen molar-refractivity contribution in [3.8, 4) is 0 Å². The molecule has 1 saturated heterocycles. The van der Waals surface area contributed by atoms with Gasteiger partial charge in [0.05, 0.1) is 6.42 Å². The van der Waals surface area contributed by atoms with Crippen LogP contribution in [0.4, 0.5) is 11.4 Å². The van der Waals surface area contributed by atoms with Crippen molar-refractivity contribution >= 4 is 34.8 Å². The van der Waals surface area contributed by atoms with E-state index in [0.29, 0.717) is 30.1 Å². The second-order valence-corrected chi connectivity index (χ2v) is 7.98. The Morgan fingerprint density at radius 1 is 0.806 bits per heavy atom. The number of nitrogens with one attached hydrogen (secondary N) is 1. The van der Waals surface area contributed by atoms with Gasteiger partial charge in [0.25, 0.3) is 5.91 Å². The first-order valence-corrected chi connectivity index (χ1v) is 10.7. The molecule has 0 radical (unpaired) electrons. The summed E-state index contributed by atoms with van der Waals surface area (Å²) in [5.74, 6) is 0.000990. The van der Waals surface area contributed by atoms with Crippen molar-refractivity contribution in [3.63, 3.8) is 0 Å². The molecule has 0 unspecified atom stereocenters. The zero-order valence-corrected chi connectivity index (χ0v) is 17.9. The van der Waals surface area contributed by atoms with Crippen molar-refractivity contribution in [1.29, 1.82) is 0 Å². The fraction of sp³-hybridized carbons (Fsp3) is 0.200. The predicted octanol–water partition coefficient (Wildman–Crippen LogP) is 4.48. The quantitative estimate of drug-likeness (QED) is 0.645. The van der Waals surface area contributed by atoms with Crippen LogP contribution in [0.15, 0.2) is 78.9 Å². The minimum atomic E-state index is -0.0340. The monoisotopic (exact) mass is 433 g/mol. The van der Waals surface area contributed by atoms with Gasteiger partial charge in [0.1, 0.15) is 0 Å². The molecule has 1 fully saturated rings. The van der Waals surface area contributed by atoms with E-state index in [9.17, 15) is 9.59 Å². The highest BCUT2D eigenvalue weighted by molar-refractivity contribution is 6.30. The smallest absolute Gasteiger partial charge is 0.253 e. The third kappa shape index (κ3) is 5.44. The molecule has 1 aliphatic heterocycles. The van der Waals surface area contributed by atoms with Crippen molar-refractivity contribution in [3.05, 3.63) is 95.0 Å². The first kappa shape index (κ1) is 20.9. The van der Waals surface area contributed by atoms with E-state index < -0.39 is 0 Å². The van der Waals surface area contributed by atoms with Gasteiger partial charge in [0.2, 0.25) is 5.91 Å². The van der Waals surface area contributed by atoms with Crippen LogP contribution in [0.3, 0.4) is 0 Å². The van der Waals surface area contributed by atoms with Crippen molar-refractivity contribution in [2.75, 3.05) is 36.4 Å². The standard InChI is InChI=1S/C25H24ClN3O2/c26-21-8-6-20(7-9-21)25(31)29-16-14-28(15-17-29)23-12-10-22(11-13-23)27-24(30)18-19-4-2-1-3-5-19/h1-13H,14-18H2,(H,27,30). The number of carbonyl (C=O) groups is 2. The second kappa shape index (κ2) is 9.67. The van der Waals surface area contributed by atoms with Crippen LogP contribution in [0, 0.1) is 0 Å². The Morgan fingerprint density at radius 3 is 2.10 bits per heavy atom. The van der Waals surface area contributed by atoms with E-state index >= 15 is 0 Å². The van der Waals surface area contributed by atoms with Crippen LogP contribution in [-0.2, 0) is 11.2 Å². The first-order chi connectivity index (χ1) is 15.1. The number of rotatable bonds is 5. The molecule has 2 amide bonds. The molecule has 158 valence electrons. The Labute approximate surface area is 187 Å². The van der Waals surface area contributed by atoms with Gasteiger partial charge in [-0.05, 0) is 54.1 Å². The van der Waals surface area contributed by atoms with Crippen LogP contribution in [-0.4, -0.2) is 42.9 Å². The summed E-state index contributed by atoms with van der Waals surface area (Å²) in [7, 11) is 0. The van der Waals surface area contributed by atoms with Crippen LogP contribution in [0.5, 0.6) is 0 Å². The molecule has 0 atom stereocenters. The van der Waals surface area contributed by atoms with E-state index in [4.69, 9.17) is 11.6 Å². The molecule has 31 heavy (non-hydrogen) atoms. The SMILES string of the molecule is O=C(Cc1ccccc1)Nc1ccc(N2CCN(C(=O)c3ccc(Cl)cc3)CC2)cc1. The van der Waals surface area contributed by atoms with Crippen LogP contribution < -0.4 is 10.2 Å². The number of benzene rings is 3. The van der Waals surface area contributed by atoms with E-state index in [0.717, 1.165) is 30.0 Å². The van der Waals surface area contributed by atoms with Crippen molar-refractivity contribution in [2.24, 2.45) is 0 Å². The van der Waals surface area contributed by atoms with E-state index in [2.05, 4.69) is 10.2 Å². The lowest BCUT2D eigenvalue weighted by atomic mass is 10.1. The summed E-state index contributed by atoms with van der Waals surface area (Å²) >= 11 is 5.91. The van der Waals surface area contributed by atoms with Crippen molar-refractivity contribution in [2.45, 2.75) is 6.42 Å². The van der Waals surface area contributed by atoms with Gasteiger partial charge in [0.15, 0.2) is 0 Å². The number of anilines is 2. The summed E-state index contributed by atoms with van der Waals surface area (Å²) in [5.41, 5.74) is 3.51. The van der Waals surface area contributed by atoms with Crippen LogP contribution in [0.1, 0.15) is 15.9 Å². The Bertz CT molecular complexity index is 1030. The highest BCUT2D eigenvalue weighted by Gasteiger charge is 2.22. The Hall–Kier alpha value is -3.31. The van der Waals surface area contributed by atoms with Gasteiger partial charge in [0, 0.05) is 48.1 Å². The first-order valence-electron chi connectivity index (χ1n) is 10.3. The Morgan fingerprint density at radius 2 is 1.45 bits per heavy atom. The molecular weight excluding hydrogens is 410 g/mol. The summed E-state index contributed by atoms with van der Waals surface area (Å²) in [4.78, 5) is 29.0. The molecule has 0 saturated carbocycles. The molecule has 0 aromatic heterocycles. The summed E-state index contributed by atoms with van der Waals surface area (Å²) in [6, 6.07) is 24.6. The van der Waals surface area contributed by atoms with Crippen LogP contribution >= 0.6 is 11.6 Å². The average Bonchev–Trinajstić information content (AvgIpc) is 2.80. The lowest BCUT2D eigenvalue weighted by Gasteiger charge is -2.36. The Balaban J connectivity index is 1.29. The van der Waals surface area contributed by atoms with Gasteiger partial charge in [-0.15, -0.1) is 0 Å². The number of nitrogens with zero attached hydrogens (tertiary/aromatic N) is 2. The topological polar surface area (TPSA) is 52.7 Å². The van der Waals surface area contributed by atoms with Gasteiger partial charge in [-0.2, -0.15) is 0 Å². The lowest BCUT2D eigenvalue weighted by molar-refractivity contribution is -0.115. The molecular formula is C25H24ClN3O2. The molecule has 4 rings (SSSR count). The normalized spacial score (nSPS) is 13.7. The van der Waals surface area contributed by atoms with Crippen LogP contribution in [0.2, 0.25) is 5.02 Å². The van der Waals surface area contributed by atoms with E-state index in [1.807, 2.05) is 59.5 Å². The molecule has 0 bridgehead atoms. The summed E-state index contributed by atoms with van der Waals surface area (Å²) in [5, 5.41) is 3.57. The second-order valence-electron chi connectivity index (χ2n) is 7.54. The summed E-state index contributed by atoms with van der Waals surface area (Å²) in [6.07, 6.45) is 0.353. The van der Waals surface area contributed by atoms with Crippen molar-refractivity contribution < 1.29 is 9.59 Å². The zero-order valence-electron chi connectivity index (χ0n) is 17.1. The summed E-state index contributed by atoms with van der Waals surface area (Å²) < 4.78 is 0. The van der Waals surface area contributed by atoms with E-state index in [1.54, 1.807) is 24.3 Å². The summed E-state index contributed by atoms with van der Waals surface area (Å²) in [6.45, 7) is 2.85.